The zero-order valence-corrected chi connectivity index (χ0v) is 11.8. The normalized spacial score (nSPS) is 10.3. The van der Waals surface area contributed by atoms with Crippen LogP contribution in [0.15, 0.2) is 34.1 Å². The van der Waals surface area contributed by atoms with Gasteiger partial charge in [0.2, 0.25) is 0 Å². The van der Waals surface area contributed by atoms with Gasteiger partial charge in [0, 0.05) is 21.3 Å². The first-order valence-electron chi connectivity index (χ1n) is 5.23. The molecular formula is C12H12BrN3OS. The van der Waals surface area contributed by atoms with E-state index in [1.165, 1.54) is 0 Å². The number of para-hydroxylation sites is 1. The van der Waals surface area contributed by atoms with Gasteiger partial charge >= 0.3 is 0 Å². The molecule has 2 aromatic rings. The first kappa shape index (κ1) is 12.9. The monoisotopic (exact) mass is 325 g/mol. The zero-order chi connectivity index (χ0) is 13.1. The summed E-state index contributed by atoms with van der Waals surface area (Å²) < 4.78 is 1.04. The zero-order valence-electron chi connectivity index (χ0n) is 9.44. The SMILES string of the molecule is NC(=O)c1cccc(N)c1NCc1cc(Br)cs1. The number of nitrogen functional groups attached to an aromatic ring is 1. The van der Waals surface area contributed by atoms with Crippen molar-refractivity contribution >= 4 is 44.5 Å². The Hall–Kier alpha value is -1.53. The number of carbonyl (C=O) groups is 1. The number of hydrogen-bond acceptors (Lipinski definition) is 4. The molecule has 0 radical (unpaired) electrons. The molecule has 0 bridgehead atoms. The molecule has 1 heterocycles. The summed E-state index contributed by atoms with van der Waals surface area (Å²) in [7, 11) is 0. The molecule has 0 aliphatic heterocycles. The van der Waals surface area contributed by atoms with Crippen LogP contribution in [0.25, 0.3) is 0 Å². The maximum atomic E-state index is 11.3. The van der Waals surface area contributed by atoms with Crippen LogP contribution in [0.1, 0.15) is 15.2 Å². The van der Waals surface area contributed by atoms with E-state index in [0.717, 1.165) is 9.35 Å². The van der Waals surface area contributed by atoms with Gasteiger partial charge in [-0.05, 0) is 34.1 Å². The lowest BCUT2D eigenvalue weighted by molar-refractivity contribution is 0.100. The van der Waals surface area contributed by atoms with Crippen LogP contribution in [0.2, 0.25) is 0 Å². The van der Waals surface area contributed by atoms with Gasteiger partial charge in [-0.25, -0.2) is 0 Å². The summed E-state index contributed by atoms with van der Waals surface area (Å²) in [6, 6.07) is 7.12. The van der Waals surface area contributed by atoms with Gasteiger partial charge in [0.05, 0.1) is 16.9 Å². The van der Waals surface area contributed by atoms with Crippen LogP contribution in [0, 0.1) is 0 Å². The molecule has 0 aliphatic rings. The third kappa shape index (κ3) is 2.83. The molecular weight excluding hydrogens is 314 g/mol. The van der Waals surface area contributed by atoms with Crippen molar-refractivity contribution in [1.82, 2.24) is 0 Å². The highest BCUT2D eigenvalue weighted by atomic mass is 79.9. The van der Waals surface area contributed by atoms with Crippen molar-refractivity contribution in [2.75, 3.05) is 11.1 Å². The standard InChI is InChI=1S/C12H12BrN3OS/c13-7-4-8(18-6-7)5-16-11-9(12(15)17)2-1-3-10(11)14/h1-4,6,16H,5,14H2,(H2,15,17). The van der Waals surface area contributed by atoms with Crippen molar-refractivity contribution in [2.45, 2.75) is 6.54 Å². The number of nitrogens with two attached hydrogens (primary N) is 2. The second-order valence-corrected chi connectivity index (χ2v) is 5.63. The predicted molar refractivity (Wildman–Crippen MR) is 78.7 cm³/mol. The van der Waals surface area contributed by atoms with E-state index in [1.807, 2.05) is 11.4 Å². The molecule has 4 nitrogen and oxygen atoms in total. The Morgan fingerprint density at radius 3 is 2.83 bits per heavy atom. The van der Waals surface area contributed by atoms with Crippen LogP contribution in [0.3, 0.4) is 0 Å². The number of thiophene rings is 1. The smallest absolute Gasteiger partial charge is 0.250 e. The van der Waals surface area contributed by atoms with Crippen molar-refractivity contribution in [3.63, 3.8) is 0 Å². The van der Waals surface area contributed by atoms with E-state index in [4.69, 9.17) is 11.5 Å². The molecule has 0 saturated carbocycles. The lowest BCUT2D eigenvalue weighted by Gasteiger charge is -2.11. The maximum absolute atomic E-state index is 11.3. The molecule has 2 rings (SSSR count). The van der Waals surface area contributed by atoms with Crippen LogP contribution in [-0.4, -0.2) is 5.91 Å². The first-order chi connectivity index (χ1) is 8.58. The van der Waals surface area contributed by atoms with Crippen molar-refractivity contribution in [1.29, 1.82) is 0 Å². The highest BCUT2D eigenvalue weighted by molar-refractivity contribution is 9.10. The van der Waals surface area contributed by atoms with Crippen molar-refractivity contribution < 1.29 is 4.79 Å². The van der Waals surface area contributed by atoms with Gasteiger partial charge in [-0.2, -0.15) is 0 Å². The third-order valence-electron chi connectivity index (χ3n) is 2.42. The highest BCUT2D eigenvalue weighted by Crippen LogP contribution is 2.26. The summed E-state index contributed by atoms with van der Waals surface area (Å²) in [6.45, 7) is 0.602. The third-order valence-corrected chi connectivity index (χ3v) is 4.12. The number of carbonyl (C=O) groups excluding carboxylic acids is 1. The predicted octanol–water partition coefficient (Wildman–Crippen LogP) is 2.80. The Balaban J connectivity index is 2.20. The minimum Gasteiger partial charge on any atom is -0.397 e. The van der Waals surface area contributed by atoms with E-state index in [-0.39, 0.29) is 0 Å². The molecule has 1 amide bonds. The summed E-state index contributed by atoms with van der Waals surface area (Å²) in [5.41, 5.74) is 12.7. The molecule has 0 saturated heterocycles. The molecule has 1 aromatic heterocycles. The largest absolute Gasteiger partial charge is 0.397 e. The molecule has 0 atom stereocenters. The molecule has 94 valence electrons. The van der Waals surface area contributed by atoms with E-state index in [9.17, 15) is 4.79 Å². The fraction of sp³-hybridized carbons (Fsp3) is 0.0833. The minimum absolute atomic E-state index is 0.408. The number of halogens is 1. The van der Waals surface area contributed by atoms with Crippen LogP contribution in [0.5, 0.6) is 0 Å². The number of amides is 1. The van der Waals surface area contributed by atoms with Crippen LogP contribution < -0.4 is 16.8 Å². The van der Waals surface area contributed by atoms with Crippen LogP contribution >= 0.6 is 27.3 Å². The first-order valence-corrected chi connectivity index (χ1v) is 6.90. The molecule has 6 heteroatoms. The number of anilines is 2. The molecule has 1 aromatic carbocycles. The van der Waals surface area contributed by atoms with Crippen molar-refractivity contribution in [2.24, 2.45) is 5.73 Å². The Labute approximate surface area is 117 Å². The van der Waals surface area contributed by atoms with E-state index in [0.29, 0.717) is 23.5 Å². The summed E-state index contributed by atoms with van der Waals surface area (Å²) >= 11 is 5.02. The van der Waals surface area contributed by atoms with Gasteiger partial charge in [0.25, 0.3) is 5.91 Å². The topological polar surface area (TPSA) is 81.1 Å². The molecule has 0 aliphatic carbocycles. The molecule has 0 fully saturated rings. The van der Waals surface area contributed by atoms with Gasteiger partial charge < -0.3 is 16.8 Å². The van der Waals surface area contributed by atoms with E-state index in [1.54, 1.807) is 29.5 Å². The average Bonchev–Trinajstić information content (AvgIpc) is 2.73. The number of primary amides is 1. The van der Waals surface area contributed by atoms with E-state index >= 15 is 0 Å². The quantitative estimate of drug-likeness (QED) is 0.756. The molecule has 5 N–H and O–H groups in total. The van der Waals surface area contributed by atoms with Gasteiger partial charge in [0.15, 0.2) is 0 Å². The number of rotatable bonds is 4. The Morgan fingerprint density at radius 1 is 1.44 bits per heavy atom. The minimum atomic E-state index is -0.489. The highest BCUT2D eigenvalue weighted by Gasteiger charge is 2.10. The number of nitrogens with one attached hydrogen (secondary N) is 1. The van der Waals surface area contributed by atoms with Crippen LogP contribution in [0.4, 0.5) is 11.4 Å². The average molecular weight is 326 g/mol. The van der Waals surface area contributed by atoms with Crippen molar-refractivity contribution in [3.05, 3.63) is 44.6 Å². The second-order valence-electron chi connectivity index (χ2n) is 3.72. The second kappa shape index (κ2) is 5.41. The molecule has 0 unspecified atom stereocenters. The van der Waals surface area contributed by atoms with Gasteiger partial charge in [0.1, 0.15) is 0 Å². The van der Waals surface area contributed by atoms with Gasteiger partial charge in [-0.15, -0.1) is 11.3 Å². The summed E-state index contributed by atoms with van der Waals surface area (Å²) in [5.74, 6) is -0.489. The Morgan fingerprint density at radius 2 is 2.22 bits per heavy atom. The van der Waals surface area contributed by atoms with Gasteiger partial charge in [-0.3, -0.25) is 4.79 Å². The summed E-state index contributed by atoms with van der Waals surface area (Å²) in [5, 5.41) is 5.16. The van der Waals surface area contributed by atoms with Crippen LogP contribution in [-0.2, 0) is 6.54 Å². The molecule has 0 spiro atoms. The summed E-state index contributed by atoms with van der Waals surface area (Å²) in [4.78, 5) is 12.5. The maximum Gasteiger partial charge on any atom is 0.250 e. The van der Waals surface area contributed by atoms with Gasteiger partial charge in [-0.1, -0.05) is 6.07 Å². The van der Waals surface area contributed by atoms with E-state index in [2.05, 4.69) is 21.2 Å². The fourth-order valence-corrected chi connectivity index (χ4v) is 2.99. The Bertz CT molecular complexity index is 582. The summed E-state index contributed by atoms with van der Waals surface area (Å²) in [6.07, 6.45) is 0. The van der Waals surface area contributed by atoms with Crippen molar-refractivity contribution in [3.8, 4) is 0 Å². The number of hydrogen-bond donors (Lipinski definition) is 3. The lowest BCUT2D eigenvalue weighted by Crippen LogP contribution is -2.15. The number of benzene rings is 1. The molecule has 18 heavy (non-hydrogen) atoms. The van der Waals surface area contributed by atoms with E-state index < -0.39 is 5.91 Å². The Kier molecular flexibility index (Phi) is 3.88. The lowest BCUT2D eigenvalue weighted by atomic mass is 10.1. The fourth-order valence-electron chi connectivity index (χ4n) is 1.59.